The molecule has 0 radical (unpaired) electrons. The van der Waals surface area contributed by atoms with Crippen LogP contribution in [0.15, 0.2) is 169 Å². The first-order chi connectivity index (χ1) is 36.3. The molecule has 0 spiro atoms. The Labute approximate surface area is 493 Å². The average Bonchev–Trinajstić information content (AvgIpc) is 3.39. The Morgan fingerprint density at radius 3 is 1.58 bits per heavy atom. The zero-order valence-electron chi connectivity index (χ0n) is 41.6. The van der Waals surface area contributed by atoms with Crippen molar-refractivity contribution in [3.8, 4) is 23.0 Å². The third kappa shape index (κ3) is 14.2. The van der Waals surface area contributed by atoms with Gasteiger partial charge in [0.1, 0.15) is 32.7 Å². The number of carbonyl (C=O) groups excluding carboxylic acids is 1. The number of nitrogens with zero attached hydrogens (tertiary/aromatic N) is 5. The number of aryl methyl sites for hydroxylation is 2. The number of aromatic hydroxyl groups is 1. The number of phenols is 1. The molecule has 4 N–H and O–H groups in total. The normalized spacial score (nSPS) is 11.9. The summed E-state index contributed by atoms with van der Waals surface area (Å²) in [5, 5.41) is 59.0. The van der Waals surface area contributed by atoms with Crippen LogP contribution in [0.2, 0.25) is 10.0 Å². The predicted octanol–water partition coefficient (Wildman–Crippen LogP) is 12.3. The second-order valence-corrected chi connectivity index (χ2v) is 19.8. The van der Waals surface area contributed by atoms with Crippen LogP contribution in [-0.2, 0) is 33.1 Å². The molecule has 0 fully saturated rings. The van der Waals surface area contributed by atoms with E-state index in [1.165, 1.54) is 18.2 Å². The molecule has 23 heteroatoms. The summed E-state index contributed by atoms with van der Waals surface area (Å²) in [6.45, 7) is 8.02. The van der Waals surface area contributed by atoms with Gasteiger partial charge in [0, 0.05) is 10.8 Å². The van der Waals surface area contributed by atoms with Crippen molar-refractivity contribution in [1.29, 1.82) is 0 Å². The summed E-state index contributed by atoms with van der Waals surface area (Å²) in [5.74, 6) is -1.60. The summed E-state index contributed by atoms with van der Waals surface area (Å²) in [7, 11) is -9.23. The smallest absolute Gasteiger partial charge is 0.871 e. The Morgan fingerprint density at radius 2 is 1.05 bits per heavy atom. The number of aliphatic imine (C=N–C) groups is 1. The van der Waals surface area contributed by atoms with E-state index < -0.39 is 53.3 Å². The fourth-order valence-corrected chi connectivity index (χ4v) is 9.81. The van der Waals surface area contributed by atoms with Crippen LogP contribution in [0, 0.1) is 0 Å². The van der Waals surface area contributed by atoms with Gasteiger partial charge in [0.2, 0.25) is 0 Å². The molecule has 0 aliphatic rings. The van der Waals surface area contributed by atoms with Gasteiger partial charge in [-0.25, -0.2) is 0 Å². The molecular formula is C54H46BaCl2N6O12S2. The minimum atomic E-state index is -4.62. The van der Waals surface area contributed by atoms with E-state index in [0.717, 1.165) is 12.1 Å². The molecule has 0 saturated heterocycles. The van der Waals surface area contributed by atoms with Gasteiger partial charge >= 0.3 is 48.9 Å². The Bertz CT molecular complexity index is 3860. The van der Waals surface area contributed by atoms with E-state index in [-0.39, 0.29) is 98.5 Å². The van der Waals surface area contributed by atoms with E-state index in [1.807, 2.05) is 13.8 Å². The number of anilines is 1. The number of ether oxygens (including phenoxy) is 2. The van der Waals surface area contributed by atoms with Crippen LogP contribution in [0.25, 0.3) is 21.5 Å². The molecule has 0 saturated carbocycles. The van der Waals surface area contributed by atoms with E-state index in [1.54, 1.807) is 117 Å². The van der Waals surface area contributed by atoms with E-state index in [4.69, 9.17) is 32.7 Å². The minimum absolute atomic E-state index is 0. The largest absolute Gasteiger partial charge is 2.00 e. The first-order valence-corrected chi connectivity index (χ1v) is 26.8. The molecule has 0 aliphatic carbocycles. The Hall–Kier alpha value is -6.41. The topological polar surface area (TPSA) is 284 Å². The van der Waals surface area contributed by atoms with Crippen molar-refractivity contribution in [2.45, 2.75) is 50.3 Å². The zero-order valence-corrected chi connectivity index (χ0v) is 49.1. The molecular weight excluding hydrogens is 1200 g/mol. The van der Waals surface area contributed by atoms with Gasteiger partial charge < -0.3 is 30.1 Å². The standard InChI is InChI=1S/2C27H24ClN3O6S.Ba/c2*1-3-16-14-20(28)24(38(34,35)36)15-22(16)30-31-25-18-10-6-5-9-17(18)13-19(26(25)32)27(33)29-21-11-7-8-12-23(21)37-4-2;/h2*5-15,32H,3-4H2,1-2H3,(H,29,33)(H,34,35,36);/q;;+2/p-2. The molecule has 8 aromatic rings. The molecule has 18 nitrogen and oxygen atoms in total. The molecule has 1 amide bonds. The maximum Gasteiger partial charge on any atom is 2.00 e. The minimum Gasteiger partial charge on any atom is -0.871 e. The number of azo groups is 2. The van der Waals surface area contributed by atoms with Gasteiger partial charge in [0.05, 0.1) is 51.6 Å². The molecule has 8 rings (SSSR count). The van der Waals surface area contributed by atoms with Crippen molar-refractivity contribution in [3.63, 3.8) is 0 Å². The van der Waals surface area contributed by atoms with E-state index >= 15 is 0 Å². The van der Waals surface area contributed by atoms with Gasteiger partial charge in [-0.3, -0.25) is 18.9 Å². The van der Waals surface area contributed by atoms with Crippen molar-refractivity contribution in [3.05, 3.63) is 166 Å². The van der Waals surface area contributed by atoms with Gasteiger partial charge in [-0.2, -0.15) is 32.2 Å². The zero-order chi connectivity index (χ0) is 54.9. The van der Waals surface area contributed by atoms with Crippen molar-refractivity contribution >= 4 is 160 Å². The first-order valence-electron chi connectivity index (χ1n) is 23.2. The number of halogens is 2. The van der Waals surface area contributed by atoms with E-state index in [9.17, 15) is 46.1 Å². The number of carbonyl (C=O) groups is 1. The predicted molar refractivity (Wildman–Crippen MR) is 294 cm³/mol. The Kier molecular flexibility index (Phi) is 20.4. The van der Waals surface area contributed by atoms with Crippen LogP contribution >= 0.6 is 23.2 Å². The molecule has 77 heavy (non-hydrogen) atoms. The number of para-hydroxylation sites is 4. The number of amides is 1. The number of rotatable bonds is 16. The summed E-state index contributed by atoms with van der Waals surface area (Å²) >= 11 is 12.1. The SMILES string of the molecule is CCOc1ccccc1N=C([O-])c1cc2ccccc2c(N=Nc2cc(S(=O)(=O)O)c(Cl)cc2CC)c1[O-].CCOc1ccccc1NC(=O)c1cc2ccccc2c(N=Nc2cc(S(=O)(=O)O)c(Cl)cc2CC)c1O.[Ba+2]. The van der Waals surface area contributed by atoms with Crippen molar-refractivity contribution in [2.24, 2.45) is 25.4 Å². The maximum atomic E-state index is 13.5. The van der Waals surface area contributed by atoms with Gasteiger partial charge in [0.25, 0.3) is 26.1 Å². The molecule has 0 bridgehead atoms. The van der Waals surface area contributed by atoms with Gasteiger partial charge in [0.15, 0.2) is 5.75 Å². The van der Waals surface area contributed by atoms with Crippen molar-refractivity contribution in [2.75, 3.05) is 18.5 Å². The van der Waals surface area contributed by atoms with Crippen molar-refractivity contribution < 1.29 is 55.5 Å². The number of hydrogen-bond acceptors (Lipinski definition) is 15. The number of fused-ring (bicyclic) bond motifs is 2. The average molecular weight is 1240 g/mol. The van der Waals surface area contributed by atoms with Gasteiger partial charge in [-0.1, -0.05) is 116 Å². The molecule has 0 aliphatic heterocycles. The fourth-order valence-electron chi connectivity index (χ4n) is 7.72. The molecule has 0 atom stereocenters. The summed E-state index contributed by atoms with van der Waals surface area (Å²) < 4.78 is 77.1. The molecule has 0 aromatic heterocycles. The monoisotopic (exact) mass is 1240 g/mol. The second kappa shape index (κ2) is 26.3. The summed E-state index contributed by atoms with van der Waals surface area (Å²) in [5.41, 5.74) is 1.68. The number of phenolic OH excluding ortho intramolecular Hbond substituents is 1. The van der Waals surface area contributed by atoms with Crippen LogP contribution in [0.3, 0.4) is 0 Å². The third-order valence-corrected chi connectivity index (χ3v) is 14.0. The van der Waals surface area contributed by atoms with Crippen LogP contribution in [-0.4, -0.2) is 105 Å². The summed E-state index contributed by atoms with van der Waals surface area (Å²) in [6, 6.07) is 35.4. The number of nitrogens with one attached hydrogen (secondary N) is 1. The quantitative estimate of drug-likeness (QED) is 0.0231. The Balaban J connectivity index is 0.000000246. The third-order valence-electron chi connectivity index (χ3n) is 11.4. The Morgan fingerprint density at radius 1 is 0.597 bits per heavy atom. The maximum absolute atomic E-state index is 13.5. The molecule has 392 valence electrons. The summed E-state index contributed by atoms with van der Waals surface area (Å²) in [4.78, 5) is 16.3. The molecule has 0 unspecified atom stereocenters. The van der Waals surface area contributed by atoms with E-state index in [2.05, 4.69) is 30.8 Å². The summed E-state index contributed by atoms with van der Waals surface area (Å²) in [6.07, 6.45) is 0.857. The fraction of sp³-hybridized carbons (Fsp3) is 0.148. The van der Waals surface area contributed by atoms with Crippen LogP contribution in [0.1, 0.15) is 54.7 Å². The van der Waals surface area contributed by atoms with Gasteiger partial charge in [-0.15, -0.1) is 5.11 Å². The van der Waals surface area contributed by atoms with E-state index in [0.29, 0.717) is 75.9 Å². The number of benzene rings is 8. The van der Waals surface area contributed by atoms with Crippen LogP contribution < -0.4 is 25.0 Å². The second-order valence-electron chi connectivity index (χ2n) is 16.2. The van der Waals surface area contributed by atoms with Crippen LogP contribution in [0.4, 0.5) is 34.1 Å². The van der Waals surface area contributed by atoms with Crippen LogP contribution in [0.5, 0.6) is 23.0 Å². The van der Waals surface area contributed by atoms with Gasteiger partial charge in [-0.05, 0) is 121 Å². The van der Waals surface area contributed by atoms with Crippen molar-refractivity contribution in [1.82, 2.24) is 0 Å². The number of hydrogen-bond donors (Lipinski definition) is 4. The first kappa shape index (κ1) is 59.8. The molecule has 8 aromatic carbocycles. The molecule has 0 heterocycles.